The fourth-order valence-electron chi connectivity index (χ4n) is 5.80. The minimum Gasteiger partial charge on any atom is -0.384 e. The van der Waals surface area contributed by atoms with Gasteiger partial charge in [-0.3, -0.25) is 19.1 Å². The van der Waals surface area contributed by atoms with Crippen LogP contribution in [0.4, 0.5) is 57.1 Å². The van der Waals surface area contributed by atoms with Gasteiger partial charge in [-0.05, 0) is 51.0 Å². The quantitative estimate of drug-likeness (QED) is 0.0359. The molecular weight excluding hydrogens is 1010 g/mol. The van der Waals surface area contributed by atoms with Crippen LogP contribution < -0.4 is 33.0 Å². The van der Waals surface area contributed by atoms with Gasteiger partial charge in [-0.25, -0.2) is 32.8 Å². The Balaban J connectivity index is 0. The SMILES string of the molecule is C=C=CCCOC.CC(=O)NCCCCCCn1c(=O)n(CCCCCCNC(C)=O)c(=O)n(CCCCCCNC(C)=O)c1=O.COCC(F)(F)C(F)(F)C(F)(F)OC(F)(F)C(F)(F)CCOC(F)(F)F. The molecule has 0 aliphatic rings. The molecule has 1 rings (SSSR count). The van der Waals surface area contributed by atoms with E-state index in [9.17, 15) is 85.8 Å². The highest BCUT2D eigenvalue weighted by Crippen LogP contribution is 2.51. The summed E-state index contributed by atoms with van der Waals surface area (Å²) in [6.45, 7) is 6.50. The third-order valence-corrected chi connectivity index (χ3v) is 9.56. The van der Waals surface area contributed by atoms with E-state index in [1.165, 1.54) is 34.5 Å². The van der Waals surface area contributed by atoms with Crippen LogP contribution >= 0.6 is 0 Å². The number of carbonyl (C=O) groups is 3. The van der Waals surface area contributed by atoms with E-state index in [2.05, 4.69) is 37.7 Å². The average Bonchev–Trinajstić information content (AvgIpc) is 3.25. The standard InChI is InChI=1S/C27H48N6O6.C10H9F13O3.C6H10O/c1-22(34)28-16-10-4-7-13-19-31-25(37)32(20-14-8-5-11-17-29-23(2)35)27(39)33(26(31)38)21-15-9-6-12-18-30-24(3)36;1-24-4-6(13,14)7(15,16)9(19,20)26-8(17,18)5(11,12)2-3-25-10(21,22)23;1-3-4-5-6-7-2/h4-21H2,1-3H3,(H,28,34)(H,29,35)(H,30,36);2-4H2,1H3;4H,1,5-6H2,2H3. The summed E-state index contributed by atoms with van der Waals surface area (Å²) < 4.78 is 181. The molecule has 1 heterocycles. The van der Waals surface area contributed by atoms with Gasteiger partial charge in [0, 0.05) is 80.7 Å². The number of carbonyl (C=O) groups excluding carboxylic acids is 3. The van der Waals surface area contributed by atoms with Crippen LogP contribution in [0.5, 0.6) is 0 Å². The third kappa shape index (κ3) is 27.9. The first kappa shape index (κ1) is 69.3. The topological polar surface area (TPSA) is 190 Å². The highest BCUT2D eigenvalue weighted by atomic mass is 19.4. The van der Waals surface area contributed by atoms with Crippen molar-refractivity contribution in [2.24, 2.45) is 0 Å². The van der Waals surface area contributed by atoms with Gasteiger partial charge in [-0.2, -0.15) is 43.9 Å². The maximum absolute atomic E-state index is 13.1. The number of hydrogen-bond donors (Lipinski definition) is 3. The molecule has 0 bridgehead atoms. The van der Waals surface area contributed by atoms with Gasteiger partial charge < -0.3 is 25.4 Å². The van der Waals surface area contributed by atoms with E-state index in [0.717, 1.165) is 70.8 Å². The summed E-state index contributed by atoms with van der Waals surface area (Å²) in [4.78, 5) is 72.3. The Kier molecular flexibility index (Phi) is 33.4. The summed E-state index contributed by atoms with van der Waals surface area (Å²) in [6, 6.07) is 0. The maximum atomic E-state index is 13.1. The maximum Gasteiger partial charge on any atom is 0.522 e. The van der Waals surface area contributed by atoms with E-state index >= 15 is 0 Å². The van der Waals surface area contributed by atoms with Crippen LogP contribution in [0.15, 0.2) is 32.8 Å². The summed E-state index contributed by atoms with van der Waals surface area (Å²) in [5, 5.41) is 8.26. The molecule has 0 atom stereocenters. The van der Waals surface area contributed by atoms with E-state index in [4.69, 9.17) is 4.74 Å². The van der Waals surface area contributed by atoms with Crippen molar-refractivity contribution in [1.82, 2.24) is 29.7 Å². The van der Waals surface area contributed by atoms with Crippen molar-refractivity contribution in [1.29, 1.82) is 0 Å². The fraction of sp³-hybridized carbons (Fsp3) is 0.791. The fourth-order valence-corrected chi connectivity index (χ4v) is 5.80. The van der Waals surface area contributed by atoms with Crippen molar-refractivity contribution in [3.63, 3.8) is 0 Å². The van der Waals surface area contributed by atoms with E-state index in [0.29, 0.717) is 46.0 Å². The highest BCUT2D eigenvalue weighted by Gasteiger charge is 2.77. The molecule has 0 aliphatic heterocycles. The molecule has 0 aromatic carbocycles. The monoisotopic (exact) mass is 1070 g/mol. The number of rotatable bonds is 34. The van der Waals surface area contributed by atoms with Crippen molar-refractivity contribution in [3.8, 4) is 0 Å². The number of amides is 3. The lowest BCUT2D eigenvalue weighted by atomic mass is 10.1. The summed E-state index contributed by atoms with van der Waals surface area (Å²) in [5.41, 5.74) is 0.962. The van der Waals surface area contributed by atoms with Gasteiger partial charge in [-0.1, -0.05) is 45.1 Å². The Labute approximate surface area is 407 Å². The Hall–Kier alpha value is -4.73. The van der Waals surface area contributed by atoms with Gasteiger partial charge in [0.15, 0.2) is 0 Å². The first-order valence-corrected chi connectivity index (χ1v) is 22.6. The number of hydrogen-bond acceptors (Lipinski definition) is 10. The molecule has 16 nitrogen and oxygen atoms in total. The summed E-state index contributed by atoms with van der Waals surface area (Å²) in [5.74, 6) is -18.7. The third-order valence-electron chi connectivity index (χ3n) is 9.56. The minimum atomic E-state index is -6.85. The van der Waals surface area contributed by atoms with Crippen LogP contribution in [0.3, 0.4) is 0 Å². The second kappa shape index (κ2) is 34.6. The van der Waals surface area contributed by atoms with Gasteiger partial charge >= 0.3 is 53.4 Å². The van der Waals surface area contributed by atoms with Gasteiger partial charge in [0.2, 0.25) is 17.7 Å². The zero-order valence-corrected chi connectivity index (χ0v) is 40.9. The Bertz CT molecular complexity index is 1810. The van der Waals surface area contributed by atoms with E-state index in [1.807, 2.05) is 10.8 Å². The number of methoxy groups -OCH3 is 2. The lowest BCUT2D eigenvalue weighted by Crippen LogP contribution is -2.61. The highest BCUT2D eigenvalue weighted by molar-refractivity contribution is 5.73. The van der Waals surface area contributed by atoms with Crippen LogP contribution in [0.25, 0.3) is 0 Å². The zero-order chi connectivity index (χ0) is 55.8. The van der Waals surface area contributed by atoms with Crippen LogP contribution in [0.2, 0.25) is 0 Å². The minimum absolute atomic E-state index is 0.0650. The molecule has 72 heavy (non-hydrogen) atoms. The number of halogens is 13. The summed E-state index contributed by atoms with van der Waals surface area (Å²) in [7, 11) is 2.03. The molecule has 0 saturated carbocycles. The Morgan fingerprint density at radius 3 is 1.21 bits per heavy atom. The van der Waals surface area contributed by atoms with Crippen LogP contribution in [0, 0.1) is 0 Å². The van der Waals surface area contributed by atoms with Crippen molar-refractivity contribution in [2.75, 3.05) is 53.7 Å². The van der Waals surface area contributed by atoms with Crippen LogP contribution in [-0.4, -0.2) is 121 Å². The van der Waals surface area contributed by atoms with Gasteiger partial charge in [0.05, 0.1) is 13.2 Å². The Morgan fingerprint density at radius 1 is 0.542 bits per heavy atom. The first-order valence-electron chi connectivity index (χ1n) is 22.6. The van der Waals surface area contributed by atoms with Crippen molar-refractivity contribution >= 4 is 17.7 Å². The number of nitrogens with one attached hydrogen (secondary N) is 3. The molecule has 29 heteroatoms. The van der Waals surface area contributed by atoms with Crippen LogP contribution in [0.1, 0.15) is 111 Å². The largest absolute Gasteiger partial charge is 0.522 e. The molecule has 0 spiro atoms. The second-order valence-corrected chi connectivity index (χ2v) is 15.8. The van der Waals surface area contributed by atoms with Gasteiger partial charge in [0.1, 0.15) is 6.61 Å². The smallest absolute Gasteiger partial charge is 0.384 e. The van der Waals surface area contributed by atoms with Crippen molar-refractivity contribution in [3.05, 3.63) is 49.8 Å². The van der Waals surface area contributed by atoms with E-state index < -0.39 is 73.1 Å². The predicted molar refractivity (Wildman–Crippen MR) is 235 cm³/mol. The molecule has 3 N–H and O–H groups in total. The number of unbranched alkanes of at least 4 members (excludes halogenated alkanes) is 9. The summed E-state index contributed by atoms with van der Waals surface area (Å²) in [6.07, 6.45) is -9.49. The van der Waals surface area contributed by atoms with Gasteiger partial charge in [-0.15, -0.1) is 18.9 Å². The zero-order valence-electron chi connectivity index (χ0n) is 40.9. The molecule has 0 saturated heterocycles. The first-order chi connectivity index (χ1) is 33.3. The second-order valence-electron chi connectivity index (χ2n) is 15.8. The van der Waals surface area contributed by atoms with Crippen molar-refractivity contribution < 1.29 is 90.4 Å². The number of alkyl halides is 13. The molecular formula is C43H67F13N6O10. The molecule has 3 amide bonds. The molecule has 0 aliphatic carbocycles. The molecule has 420 valence electrons. The normalized spacial score (nSPS) is 12.2. The van der Waals surface area contributed by atoms with E-state index in [1.54, 1.807) is 7.11 Å². The molecule has 1 aromatic heterocycles. The molecule has 0 radical (unpaired) electrons. The van der Waals surface area contributed by atoms with Gasteiger partial charge in [0.25, 0.3) is 0 Å². The molecule has 0 unspecified atom stereocenters. The van der Waals surface area contributed by atoms with Crippen molar-refractivity contribution in [2.45, 2.75) is 167 Å². The molecule has 0 fully saturated rings. The lowest BCUT2D eigenvalue weighted by Gasteiger charge is -2.35. The Morgan fingerprint density at radius 2 is 0.903 bits per heavy atom. The number of aromatic nitrogens is 3. The van der Waals surface area contributed by atoms with Crippen LogP contribution in [-0.2, 0) is 53.0 Å². The number of ether oxygens (including phenoxy) is 4. The number of nitrogens with zero attached hydrogens (tertiary/aromatic N) is 3. The van der Waals surface area contributed by atoms with E-state index in [-0.39, 0.29) is 37.4 Å². The molecule has 1 aromatic rings. The average molecular weight is 1080 g/mol. The summed E-state index contributed by atoms with van der Waals surface area (Å²) >= 11 is 0. The predicted octanol–water partition coefficient (Wildman–Crippen LogP) is 7.29. The lowest BCUT2D eigenvalue weighted by molar-refractivity contribution is -0.488.